The third-order valence-electron chi connectivity index (χ3n) is 13.4. The summed E-state index contributed by atoms with van der Waals surface area (Å²) in [5.74, 6) is 0. The lowest BCUT2D eigenvalue weighted by molar-refractivity contribution is 0.663. The molecule has 1 aromatic heterocycles. The maximum atomic E-state index is 6.55. The van der Waals surface area contributed by atoms with Crippen LogP contribution >= 0.6 is 0 Å². The molecule has 0 atom stereocenters. The lowest BCUT2D eigenvalue weighted by Crippen LogP contribution is -2.16. The van der Waals surface area contributed by atoms with Crippen molar-refractivity contribution in [3.63, 3.8) is 0 Å². The first-order chi connectivity index (χ1) is 32.9. The van der Waals surface area contributed by atoms with Crippen molar-refractivity contribution in [1.82, 2.24) is 0 Å². The summed E-state index contributed by atoms with van der Waals surface area (Å²) >= 11 is 0. The summed E-state index contributed by atoms with van der Waals surface area (Å²) < 4.78 is 6.55. The molecule has 2 heteroatoms. The zero-order valence-corrected chi connectivity index (χ0v) is 37.8. The average molecular weight is 860 g/mol. The van der Waals surface area contributed by atoms with Gasteiger partial charge in [-0.3, -0.25) is 0 Å². The molecule has 67 heavy (non-hydrogen) atoms. The standard InChI is InChI=1S/C65H49NO/c1-5-54(63-44(2)55-22-13-15-25-60(55)65(63,3)4)50-33-39-53(40-34-50)66(52-37-31-48(32-38-52)47-29-27-46(28-30-47)20-10-9-19-45-17-7-6-8-18-45)61-26-16-14-23-56(61)51-36-42-62-59(43-51)58-41-35-49-21-11-12-24-57(49)64(58)67-62/h5-43H,1-2H2,3-4H3/b19-9-,20-10+,63-54-. The van der Waals surface area contributed by atoms with Crippen molar-refractivity contribution in [3.05, 3.63) is 271 Å². The molecule has 320 valence electrons. The molecule has 11 rings (SSSR count). The van der Waals surface area contributed by atoms with E-state index in [2.05, 4.69) is 256 Å². The first-order valence-electron chi connectivity index (χ1n) is 23.0. The third-order valence-corrected chi connectivity index (χ3v) is 13.4. The second kappa shape index (κ2) is 17.2. The Balaban J connectivity index is 0.979. The van der Waals surface area contributed by atoms with E-state index < -0.39 is 0 Å². The fourth-order valence-corrected chi connectivity index (χ4v) is 10.1. The minimum atomic E-state index is -0.214. The summed E-state index contributed by atoms with van der Waals surface area (Å²) in [4.78, 5) is 2.37. The highest BCUT2D eigenvalue weighted by Crippen LogP contribution is 2.52. The monoisotopic (exact) mass is 859 g/mol. The van der Waals surface area contributed by atoms with Crippen molar-refractivity contribution in [2.75, 3.05) is 4.90 Å². The molecule has 0 aliphatic heterocycles. The van der Waals surface area contributed by atoms with E-state index >= 15 is 0 Å². The third kappa shape index (κ3) is 7.53. The van der Waals surface area contributed by atoms with E-state index in [-0.39, 0.29) is 5.41 Å². The van der Waals surface area contributed by atoms with E-state index in [1.807, 2.05) is 12.1 Å². The van der Waals surface area contributed by atoms with E-state index in [9.17, 15) is 0 Å². The van der Waals surface area contributed by atoms with E-state index in [4.69, 9.17) is 4.42 Å². The van der Waals surface area contributed by atoms with E-state index in [1.54, 1.807) is 0 Å². The van der Waals surface area contributed by atoms with Gasteiger partial charge in [-0.05, 0) is 115 Å². The highest BCUT2D eigenvalue weighted by molar-refractivity contribution is 6.15. The molecule has 0 N–H and O–H groups in total. The van der Waals surface area contributed by atoms with E-state index in [0.29, 0.717) is 0 Å². The molecule has 0 radical (unpaired) electrons. The summed E-state index contributed by atoms with van der Waals surface area (Å²) in [5, 5.41) is 4.50. The summed E-state index contributed by atoms with van der Waals surface area (Å²) in [5.41, 5.74) is 18.6. The molecule has 0 spiro atoms. The van der Waals surface area contributed by atoms with Crippen LogP contribution in [0.4, 0.5) is 17.1 Å². The Morgan fingerprint density at radius 3 is 1.84 bits per heavy atom. The maximum Gasteiger partial charge on any atom is 0.143 e. The van der Waals surface area contributed by atoms with Gasteiger partial charge in [-0.1, -0.05) is 215 Å². The van der Waals surface area contributed by atoms with Crippen LogP contribution < -0.4 is 4.90 Å². The zero-order valence-electron chi connectivity index (χ0n) is 37.8. The van der Waals surface area contributed by atoms with Gasteiger partial charge < -0.3 is 9.32 Å². The largest absolute Gasteiger partial charge is 0.455 e. The van der Waals surface area contributed by atoms with Crippen molar-refractivity contribution in [3.8, 4) is 22.3 Å². The van der Waals surface area contributed by atoms with Crippen LogP contribution in [0, 0.1) is 0 Å². The second-order valence-electron chi connectivity index (χ2n) is 17.8. The molecule has 0 bridgehead atoms. The number of hydrogen-bond acceptors (Lipinski definition) is 2. The predicted octanol–water partition coefficient (Wildman–Crippen LogP) is 18.2. The van der Waals surface area contributed by atoms with Gasteiger partial charge in [-0.2, -0.15) is 0 Å². The number of allylic oxidation sites excluding steroid dienone is 6. The number of fused-ring (bicyclic) bond motifs is 6. The number of benzene rings is 9. The fourth-order valence-electron chi connectivity index (χ4n) is 10.1. The van der Waals surface area contributed by atoms with Gasteiger partial charge in [0.2, 0.25) is 0 Å². The van der Waals surface area contributed by atoms with Crippen LogP contribution in [0.1, 0.15) is 41.7 Å². The molecular formula is C65H49NO. The molecule has 1 heterocycles. The fraction of sp³-hybridized carbons (Fsp3) is 0.0462. The quantitative estimate of drug-likeness (QED) is 0.127. The van der Waals surface area contributed by atoms with Gasteiger partial charge >= 0.3 is 0 Å². The van der Waals surface area contributed by atoms with E-state index in [1.165, 1.54) is 27.6 Å². The molecule has 10 aromatic rings. The van der Waals surface area contributed by atoms with Gasteiger partial charge in [0.1, 0.15) is 11.2 Å². The number of nitrogens with zero attached hydrogens (tertiary/aromatic N) is 1. The normalized spacial score (nSPS) is 14.1. The van der Waals surface area contributed by atoms with Gasteiger partial charge in [0.25, 0.3) is 0 Å². The highest BCUT2D eigenvalue weighted by Gasteiger charge is 2.38. The van der Waals surface area contributed by atoms with Crippen molar-refractivity contribution in [2.45, 2.75) is 19.3 Å². The molecule has 1 aliphatic rings. The zero-order chi connectivity index (χ0) is 45.5. The first kappa shape index (κ1) is 41.3. The Labute approximate surface area is 393 Å². The van der Waals surface area contributed by atoms with Crippen molar-refractivity contribution >= 4 is 73.1 Å². The molecule has 0 saturated carbocycles. The van der Waals surface area contributed by atoms with Crippen LogP contribution in [0.5, 0.6) is 0 Å². The Hall–Kier alpha value is -8.46. The summed E-state index contributed by atoms with van der Waals surface area (Å²) in [7, 11) is 0. The lowest BCUT2D eigenvalue weighted by Gasteiger charge is -2.29. The van der Waals surface area contributed by atoms with E-state index in [0.717, 1.165) is 88.9 Å². The lowest BCUT2D eigenvalue weighted by atomic mass is 9.78. The second-order valence-corrected chi connectivity index (χ2v) is 17.8. The topological polar surface area (TPSA) is 16.4 Å². The highest BCUT2D eigenvalue weighted by atomic mass is 16.3. The van der Waals surface area contributed by atoms with Crippen molar-refractivity contribution < 1.29 is 4.42 Å². The molecule has 0 fully saturated rings. The molecule has 2 nitrogen and oxygen atoms in total. The predicted molar refractivity (Wildman–Crippen MR) is 287 cm³/mol. The first-order valence-corrected chi connectivity index (χ1v) is 23.0. The van der Waals surface area contributed by atoms with Crippen molar-refractivity contribution in [2.24, 2.45) is 0 Å². The molecule has 0 unspecified atom stereocenters. The van der Waals surface area contributed by atoms with Crippen LogP contribution in [0.25, 0.3) is 78.3 Å². The summed E-state index contributed by atoms with van der Waals surface area (Å²) in [6.07, 6.45) is 10.4. The Bertz CT molecular complexity index is 3600. The van der Waals surface area contributed by atoms with Crippen molar-refractivity contribution in [1.29, 1.82) is 0 Å². The van der Waals surface area contributed by atoms with Gasteiger partial charge in [-0.25, -0.2) is 0 Å². The number of furan rings is 1. The van der Waals surface area contributed by atoms with Crippen LogP contribution in [0.15, 0.2) is 248 Å². The minimum Gasteiger partial charge on any atom is -0.455 e. The van der Waals surface area contributed by atoms with Gasteiger partial charge in [0.15, 0.2) is 0 Å². The maximum absolute atomic E-state index is 6.55. The number of hydrogen-bond donors (Lipinski definition) is 0. The molecular weight excluding hydrogens is 811 g/mol. The van der Waals surface area contributed by atoms with Crippen LogP contribution in [0.3, 0.4) is 0 Å². The SMILES string of the molecule is C=C/C(=C1\C(=C)c2ccccc2C1(C)C)c1ccc(N(c2ccc(-c3ccc(/C=C/C=C\c4ccccc4)cc3)cc2)c2ccccc2-c2ccc3oc4c5ccccc5ccc4c3c2)cc1. The summed E-state index contributed by atoms with van der Waals surface area (Å²) in [6, 6.07) is 73.7. The Morgan fingerprint density at radius 1 is 0.522 bits per heavy atom. The van der Waals surface area contributed by atoms with Crippen LogP contribution in [-0.2, 0) is 5.41 Å². The minimum absolute atomic E-state index is 0.214. The smallest absolute Gasteiger partial charge is 0.143 e. The molecule has 9 aromatic carbocycles. The number of rotatable bonds is 10. The Kier molecular flexibility index (Phi) is 10.6. The number of anilines is 3. The molecule has 1 aliphatic carbocycles. The Morgan fingerprint density at radius 2 is 1.12 bits per heavy atom. The van der Waals surface area contributed by atoms with Crippen LogP contribution in [-0.4, -0.2) is 0 Å². The average Bonchev–Trinajstić information content (AvgIpc) is 3.85. The summed E-state index contributed by atoms with van der Waals surface area (Å²) in [6.45, 7) is 13.5. The van der Waals surface area contributed by atoms with Gasteiger partial charge in [-0.15, -0.1) is 0 Å². The molecule has 0 saturated heterocycles. The van der Waals surface area contributed by atoms with Crippen LogP contribution in [0.2, 0.25) is 0 Å². The number of para-hydroxylation sites is 1. The molecule has 0 amide bonds. The van der Waals surface area contributed by atoms with Gasteiger partial charge in [0.05, 0.1) is 5.69 Å². The van der Waals surface area contributed by atoms with Gasteiger partial charge in [0, 0.05) is 38.5 Å².